The lowest BCUT2D eigenvalue weighted by atomic mass is 10.2. The third-order valence-electron chi connectivity index (χ3n) is 3.23. The van der Waals surface area contributed by atoms with Crippen LogP contribution in [-0.2, 0) is 6.54 Å². The molecule has 0 bridgehead atoms. The van der Waals surface area contributed by atoms with Gasteiger partial charge in [-0.15, -0.1) is 0 Å². The van der Waals surface area contributed by atoms with Gasteiger partial charge in [-0.2, -0.15) is 0 Å². The van der Waals surface area contributed by atoms with Gasteiger partial charge in [-0.05, 0) is 19.9 Å². The minimum absolute atomic E-state index is 0.0465. The van der Waals surface area contributed by atoms with Crippen LogP contribution in [0.15, 0.2) is 28.2 Å². The number of hydrogen-bond acceptors (Lipinski definition) is 6. The van der Waals surface area contributed by atoms with Crippen molar-refractivity contribution in [3.8, 4) is 11.5 Å². The molecule has 0 saturated heterocycles. The Kier molecular flexibility index (Phi) is 3.22. The van der Waals surface area contributed by atoms with Crippen molar-refractivity contribution in [2.24, 2.45) is 9.98 Å². The van der Waals surface area contributed by atoms with Crippen molar-refractivity contribution in [3.63, 3.8) is 0 Å². The van der Waals surface area contributed by atoms with Crippen LogP contribution in [0.3, 0.4) is 0 Å². The average Bonchev–Trinajstić information content (AvgIpc) is 2.87. The van der Waals surface area contributed by atoms with E-state index in [9.17, 15) is 0 Å². The lowest BCUT2D eigenvalue weighted by Crippen LogP contribution is -2.44. The van der Waals surface area contributed by atoms with E-state index < -0.39 is 0 Å². The van der Waals surface area contributed by atoms with Gasteiger partial charge in [0.2, 0.25) is 12.8 Å². The van der Waals surface area contributed by atoms with Gasteiger partial charge in [0.15, 0.2) is 11.5 Å². The summed E-state index contributed by atoms with van der Waals surface area (Å²) >= 11 is 0. The van der Waals surface area contributed by atoms with Crippen molar-refractivity contribution < 1.29 is 9.47 Å². The Balaban J connectivity index is 1.77. The van der Waals surface area contributed by atoms with Crippen molar-refractivity contribution >= 4 is 11.8 Å². The normalized spacial score (nSPS) is 20.1. The number of fused-ring (bicyclic) bond motifs is 1. The average molecular weight is 274 g/mol. The zero-order valence-corrected chi connectivity index (χ0v) is 11.9. The van der Waals surface area contributed by atoms with Crippen molar-refractivity contribution in [2.75, 3.05) is 13.8 Å². The molecule has 2 heterocycles. The molecule has 1 aromatic carbocycles. The third kappa shape index (κ3) is 2.41. The summed E-state index contributed by atoms with van der Waals surface area (Å²) < 4.78 is 10.9. The second-order valence-electron chi connectivity index (χ2n) is 4.93. The predicted molar refractivity (Wildman–Crippen MR) is 77.2 cm³/mol. The minimum Gasteiger partial charge on any atom is -0.454 e. The van der Waals surface area contributed by atoms with E-state index in [1.165, 1.54) is 0 Å². The molecule has 0 spiro atoms. The molecule has 0 saturated carbocycles. The van der Waals surface area contributed by atoms with Crippen molar-refractivity contribution in [1.82, 2.24) is 10.2 Å². The molecule has 1 unspecified atom stereocenters. The van der Waals surface area contributed by atoms with E-state index in [2.05, 4.69) is 15.3 Å². The minimum atomic E-state index is -0.0465. The summed E-state index contributed by atoms with van der Waals surface area (Å²) in [6.07, 6.45) is -0.0465. The highest BCUT2D eigenvalue weighted by molar-refractivity contribution is 5.99. The molecule has 20 heavy (non-hydrogen) atoms. The molecule has 2 aliphatic heterocycles. The fourth-order valence-corrected chi connectivity index (χ4v) is 2.35. The molecule has 1 N–H and O–H groups in total. The van der Waals surface area contributed by atoms with Gasteiger partial charge in [0, 0.05) is 19.2 Å². The Morgan fingerprint density at radius 3 is 3.00 bits per heavy atom. The molecular weight excluding hydrogens is 256 g/mol. The van der Waals surface area contributed by atoms with Gasteiger partial charge in [-0.3, -0.25) is 0 Å². The molecule has 3 rings (SSSR count). The van der Waals surface area contributed by atoms with E-state index in [1.54, 1.807) is 0 Å². The first-order valence-corrected chi connectivity index (χ1v) is 6.61. The molecule has 0 aromatic heterocycles. The van der Waals surface area contributed by atoms with Crippen LogP contribution in [0, 0.1) is 0 Å². The SMILES string of the molecule is CC1=NC(C)N=C(N(C)Cc2cccc3c2OCO3)N1. The van der Waals surface area contributed by atoms with E-state index in [0.29, 0.717) is 6.54 Å². The maximum Gasteiger partial charge on any atom is 0.231 e. The largest absolute Gasteiger partial charge is 0.454 e. The van der Waals surface area contributed by atoms with Crippen molar-refractivity contribution in [2.45, 2.75) is 26.6 Å². The van der Waals surface area contributed by atoms with Gasteiger partial charge in [0.1, 0.15) is 12.0 Å². The molecule has 0 fully saturated rings. The fraction of sp³-hybridized carbons (Fsp3) is 0.429. The fourth-order valence-electron chi connectivity index (χ4n) is 2.35. The van der Waals surface area contributed by atoms with E-state index in [4.69, 9.17) is 9.47 Å². The van der Waals surface area contributed by atoms with Crippen LogP contribution < -0.4 is 14.8 Å². The highest BCUT2D eigenvalue weighted by atomic mass is 16.7. The molecule has 0 aliphatic carbocycles. The molecule has 0 amide bonds. The number of para-hydroxylation sites is 1. The van der Waals surface area contributed by atoms with E-state index in [-0.39, 0.29) is 13.0 Å². The van der Waals surface area contributed by atoms with Crippen LogP contribution in [0.5, 0.6) is 11.5 Å². The van der Waals surface area contributed by atoms with Crippen LogP contribution >= 0.6 is 0 Å². The lowest BCUT2D eigenvalue weighted by Gasteiger charge is -2.26. The van der Waals surface area contributed by atoms with Gasteiger partial charge < -0.3 is 19.7 Å². The molecule has 1 aromatic rings. The quantitative estimate of drug-likeness (QED) is 0.889. The zero-order valence-electron chi connectivity index (χ0n) is 11.9. The van der Waals surface area contributed by atoms with E-state index in [0.717, 1.165) is 28.9 Å². The number of nitrogens with zero attached hydrogens (tertiary/aromatic N) is 3. The lowest BCUT2D eigenvalue weighted by molar-refractivity contribution is 0.173. The first-order chi connectivity index (χ1) is 9.63. The van der Waals surface area contributed by atoms with Gasteiger partial charge in [0.25, 0.3) is 0 Å². The molecule has 106 valence electrons. The van der Waals surface area contributed by atoms with E-state index in [1.807, 2.05) is 44.0 Å². The highest BCUT2D eigenvalue weighted by Gasteiger charge is 2.20. The third-order valence-corrected chi connectivity index (χ3v) is 3.23. The van der Waals surface area contributed by atoms with Crippen LogP contribution in [0.1, 0.15) is 19.4 Å². The Labute approximate surface area is 118 Å². The molecule has 1 atom stereocenters. The Morgan fingerprint density at radius 1 is 1.35 bits per heavy atom. The summed E-state index contributed by atoms with van der Waals surface area (Å²) in [6, 6.07) is 5.93. The molecule has 6 nitrogen and oxygen atoms in total. The Morgan fingerprint density at radius 2 is 2.20 bits per heavy atom. The number of hydrogen-bond donors (Lipinski definition) is 1. The summed E-state index contributed by atoms with van der Waals surface area (Å²) in [5, 5.41) is 3.19. The van der Waals surface area contributed by atoms with Crippen LogP contribution in [0.4, 0.5) is 0 Å². The number of rotatable bonds is 2. The number of aliphatic imine (C=N–C) groups is 2. The number of nitrogens with one attached hydrogen (secondary N) is 1. The maximum atomic E-state index is 5.53. The summed E-state index contributed by atoms with van der Waals surface area (Å²) in [4.78, 5) is 10.9. The van der Waals surface area contributed by atoms with Gasteiger partial charge in [-0.25, -0.2) is 9.98 Å². The Hall–Kier alpha value is -2.24. The number of ether oxygens (including phenoxy) is 2. The monoisotopic (exact) mass is 274 g/mol. The van der Waals surface area contributed by atoms with Gasteiger partial charge in [-0.1, -0.05) is 12.1 Å². The van der Waals surface area contributed by atoms with Gasteiger partial charge >= 0.3 is 0 Å². The summed E-state index contributed by atoms with van der Waals surface area (Å²) in [6.45, 7) is 4.89. The maximum absolute atomic E-state index is 5.53. The highest BCUT2D eigenvalue weighted by Crippen LogP contribution is 2.35. The summed E-state index contributed by atoms with van der Waals surface area (Å²) in [7, 11) is 1.99. The predicted octanol–water partition coefficient (Wildman–Crippen LogP) is 1.57. The first-order valence-electron chi connectivity index (χ1n) is 6.61. The first kappa shape index (κ1) is 12.8. The number of amidine groups is 1. The van der Waals surface area contributed by atoms with Crippen LogP contribution in [0.2, 0.25) is 0 Å². The van der Waals surface area contributed by atoms with Crippen LogP contribution in [-0.4, -0.2) is 36.7 Å². The second-order valence-corrected chi connectivity index (χ2v) is 4.93. The number of benzene rings is 1. The summed E-state index contributed by atoms with van der Waals surface area (Å²) in [5.41, 5.74) is 1.08. The van der Waals surface area contributed by atoms with Crippen molar-refractivity contribution in [1.29, 1.82) is 0 Å². The van der Waals surface area contributed by atoms with E-state index >= 15 is 0 Å². The zero-order chi connectivity index (χ0) is 14.1. The van der Waals surface area contributed by atoms with Crippen LogP contribution in [0.25, 0.3) is 0 Å². The molecule has 0 radical (unpaired) electrons. The molecular formula is C14H18N4O2. The van der Waals surface area contributed by atoms with Gasteiger partial charge in [0.05, 0.1) is 0 Å². The standard InChI is InChI=1S/C14H18N4O2/c1-9-15-10(2)17-14(16-9)18(3)7-11-5-4-6-12-13(11)20-8-19-12/h4-6,9H,7-8H2,1-3H3,(H,15,16,17). The summed E-state index contributed by atoms with van der Waals surface area (Å²) in [5.74, 6) is 3.34. The second kappa shape index (κ2) is 5.03. The molecule has 6 heteroatoms. The molecule has 2 aliphatic rings. The Bertz CT molecular complexity index is 583. The van der Waals surface area contributed by atoms with Crippen molar-refractivity contribution in [3.05, 3.63) is 23.8 Å². The number of guanidine groups is 1. The smallest absolute Gasteiger partial charge is 0.231 e. The topological polar surface area (TPSA) is 58.5 Å².